The van der Waals surface area contributed by atoms with Gasteiger partial charge >= 0.3 is 0 Å². The lowest BCUT2D eigenvalue weighted by Crippen LogP contribution is -2.39. The van der Waals surface area contributed by atoms with Gasteiger partial charge in [0, 0.05) is 31.9 Å². The third kappa shape index (κ3) is 2.87. The molecule has 5 heteroatoms. The number of aromatic nitrogens is 2. The van der Waals surface area contributed by atoms with E-state index in [1.54, 1.807) is 12.3 Å². The van der Waals surface area contributed by atoms with Crippen molar-refractivity contribution in [3.8, 4) is 0 Å². The molecule has 0 N–H and O–H groups in total. The smallest absolute Gasteiger partial charge is 0.266 e. The van der Waals surface area contributed by atoms with Gasteiger partial charge in [0.25, 0.3) is 5.56 Å². The van der Waals surface area contributed by atoms with Gasteiger partial charge in [0.15, 0.2) is 0 Å². The van der Waals surface area contributed by atoms with Crippen LogP contribution in [0.4, 0.5) is 0 Å². The van der Waals surface area contributed by atoms with Crippen molar-refractivity contribution < 1.29 is 4.74 Å². The number of hydrogen-bond acceptors (Lipinski definition) is 4. The molecule has 0 spiro atoms. The van der Waals surface area contributed by atoms with E-state index in [0.29, 0.717) is 6.54 Å². The topological polar surface area (TPSA) is 47.4 Å². The van der Waals surface area contributed by atoms with E-state index in [1.807, 2.05) is 0 Å². The van der Waals surface area contributed by atoms with Crippen molar-refractivity contribution in [1.29, 1.82) is 0 Å². The van der Waals surface area contributed by atoms with Crippen LogP contribution in [0.2, 0.25) is 0 Å². The fraction of sp³-hybridized carbons (Fsp3) is 0.600. The standard InChI is InChI=1S/C10H15N3O2/c14-10-2-1-3-11-13(10)5-4-12-6-8-15-9-7-12/h1-3H,4-9H2. The third-order valence-corrected chi connectivity index (χ3v) is 2.52. The molecule has 0 saturated carbocycles. The highest BCUT2D eigenvalue weighted by molar-refractivity contribution is 4.84. The number of ether oxygens (including phenoxy) is 1. The molecule has 1 aliphatic rings. The van der Waals surface area contributed by atoms with E-state index in [9.17, 15) is 4.79 Å². The summed E-state index contributed by atoms with van der Waals surface area (Å²) in [6.45, 7) is 4.98. The Bertz CT molecular complexity index is 358. The Kier molecular flexibility index (Phi) is 3.47. The lowest BCUT2D eigenvalue weighted by atomic mass is 10.4. The zero-order valence-corrected chi connectivity index (χ0v) is 8.63. The van der Waals surface area contributed by atoms with Crippen molar-refractivity contribution in [2.45, 2.75) is 6.54 Å². The molecular weight excluding hydrogens is 194 g/mol. The molecule has 1 aromatic heterocycles. The molecule has 0 aromatic carbocycles. The Balaban J connectivity index is 1.87. The van der Waals surface area contributed by atoms with Crippen molar-refractivity contribution in [2.24, 2.45) is 0 Å². The lowest BCUT2D eigenvalue weighted by Gasteiger charge is -2.26. The van der Waals surface area contributed by atoms with Crippen LogP contribution in [0.1, 0.15) is 0 Å². The SMILES string of the molecule is O=c1cccnn1CCN1CCOCC1. The van der Waals surface area contributed by atoms with Crippen molar-refractivity contribution in [2.75, 3.05) is 32.8 Å². The van der Waals surface area contributed by atoms with Gasteiger partial charge in [-0.3, -0.25) is 9.69 Å². The van der Waals surface area contributed by atoms with Crippen molar-refractivity contribution in [3.63, 3.8) is 0 Å². The summed E-state index contributed by atoms with van der Waals surface area (Å²) in [5, 5.41) is 4.01. The highest BCUT2D eigenvalue weighted by Gasteiger charge is 2.09. The Hall–Kier alpha value is -1.20. The van der Waals surface area contributed by atoms with Gasteiger partial charge in [-0.1, -0.05) is 0 Å². The largest absolute Gasteiger partial charge is 0.379 e. The Morgan fingerprint density at radius 1 is 1.33 bits per heavy atom. The van der Waals surface area contributed by atoms with Crippen LogP contribution in [0.5, 0.6) is 0 Å². The van der Waals surface area contributed by atoms with E-state index in [1.165, 1.54) is 10.7 Å². The van der Waals surface area contributed by atoms with Crippen LogP contribution in [0, 0.1) is 0 Å². The van der Waals surface area contributed by atoms with Crippen molar-refractivity contribution >= 4 is 0 Å². The molecule has 2 heterocycles. The molecule has 1 fully saturated rings. The number of hydrogen-bond donors (Lipinski definition) is 0. The van der Waals surface area contributed by atoms with Gasteiger partial charge in [0.2, 0.25) is 0 Å². The minimum Gasteiger partial charge on any atom is -0.379 e. The molecule has 0 atom stereocenters. The monoisotopic (exact) mass is 209 g/mol. The first-order valence-corrected chi connectivity index (χ1v) is 5.18. The molecule has 0 aliphatic carbocycles. The zero-order valence-electron chi connectivity index (χ0n) is 8.63. The maximum absolute atomic E-state index is 11.3. The van der Waals surface area contributed by atoms with Crippen molar-refractivity contribution in [1.82, 2.24) is 14.7 Å². The van der Waals surface area contributed by atoms with E-state index in [2.05, 4.69) is 10.00 Å². The molecule has 0 radical (unpaired) electrons. The van der Waals surface area contributed by atoms with E-state index in [0.717, 1.165) is 32.8 Å². The highest BCUT2D eigenvalue weighted by atomic mass is 16.5. The van der Waals surface area contributed by atoms with Crippen molar-refractivity contribution in [3.05, 3.63) is 28.7 Å². The van der Waals surface area contributed by atoms with Gasteiger partial charge in [0.1, 0.15) is 0 Å². The second-order valence-corrected chi connectivity index (χ2v) is 3.54. The van der Waals surface area contributed by atoms with Gasteiger partial charge in [-0.25, -0.2) is 4.68 Å². The molecule has 0 bridgehead atoms. The van der Waals surface area contributed by atoms with Gasteiger partial charge in [-0.05, 0) is 6.07 Å². The van der Waals surface area contributed by atoms with E-state index in [-0.39, 0.29) is 5.56 Å². The van der Waals surface area contributed by atoms with Crippen LogP contribution >= 0.6 is 0 Å². The Morgan fingerprint density at radius 3 is 2.87 bits per heavy atom. The van der Waals surface area contributed by atoms with Gasteiger partial charge in [0.05, 0.1) is 19.8 Å². The summed E-state index contributed by atoms with van der Waals surface area (Å²) < 4.78 is 6.75. The quantitative estimate of drug-likeness (QED) is 0.678. The minimum absolute atomic E-state index is 0.0363. The summed E-state index contributed by atoms with van der Waals surface area (Å²) in [6, 6.07) is 3.19. The molecule has 1 aromatic rings. The molecule has 1 aliphatic heterocycles. The summed E-state index contributed by atoms with van der Waals surface area (Å²) in [5.41, 5.74) is -0.0363. The van der Waals surface area contributed by atoms with Gasteiger partial charge in [-0.15, -0.1) is 0 Å². The second kappa shape index (κ2) is 5.04. The van der Waals surface area contributed by atoms with Crippen LogP contribution in [-0.4, -0.2) is 47.5 Å². The Labute approximate surface area is 88.3 Å². The molecule has 0 unspecified atom stereocenters. The second-order valence-electron chi connectivity index (χ2n) is 3.54. The fourth-order valence-corrected chi connectivity index (χ4v) is 1.62. The van der Waals surface area contributed by atoms with Crippen LogP contribution in [0.3, 0.4) is 0 Å². The summed E-state index contributed by atoms with van der Waals surface area (Å²) >= 11 is 0. The first-order chi connectivity index (χ1) is 7.36. The summed E-state index contributed by atoms with van der Waals surface area (Å²) in [6.07, 6.45) is 1.64. The summed E-state index contributed by atoms with van der Waals surface area (Å²) in [5.74, 6) is 0. The average molecular weight is 209 g/mol. The summed E-state index contributed by atoms with van der Waals surface area (Å²) in [4.78, 5) is 13.6. The molecule has 5 nitrogen and oxygen atoms in total. The fourth-order valence-electron chi connectivity index (χ4n) is 1.62. The normalized spacial score (nSPS) is 17.9. The zero-order chi connectivity index (χ0) is 10.5. The van der Waals surface area contributed by atoms with E-state index in [4.69, 9.17) is 4.74 Å². The molecule has 15 heavy (non-hydrogen) atoms. The van der Waals surface area contributed by atoms with Crippen LogP contribution < -0.4 is 5.56 Å². The predicted octanol–water partition coefficient (Wildman–Crippen LogP) is -0.424. The van der Waals surface area contributed by atoms with Crippen LogP contribution in [0.15, 0.2) is 23.1 Å². The maximum Gasteiger partial charge on any atom is 0.266 e. The Morgan fingerprint density at radius 2 is 2.13 bits per heavy atom. The first kappa shape index (κ1) is 10.3. The maximum atomic E-state index is 11.3. The van der Waals surface area contributed by atoms with E-state index < -0.39 is 0 Å². The molecular formula is C10H15N3O2. The van der Waals surface area contributed by atoms with Crippen LogP contribution in [0.25, 0.3) is 0 Å². The van der Waals surface area contributed by atoms with Gasteiger partial charge in [-0.2, -0.15) is 5.10 Å². The van der Waals surface area contributed by atoms with Gasteiger partial charge < -0.3 is 4.74 Å². The molecule has 82 valence electrons. The molecule has 2 rings (SSSR count). The summed E-state index contributed by atoms with van der Waals surface area (Å²) in [7, 11) is 0. The number of rotatable bonds is 3. The number of morpholine rings is 1. The highest BCUT2D eigenvalue weighted by Crippen LogP contribution is 1.96. The third-order valence-electron chi connectivity index (χ3n) is 2.52. The molecule has 1 saturated heterocycles. The molecule has 0 amide bonds. The minimum atomic E-state index is -0.0363. The van der Waals surface area contributed by atoms with E-state index >= 15 is 0 Å². The predicted molar refractivity (Wildman–Crippen MR) is 55.8 cm³/mol. The van der Waals surface area contributed by atoms with Crippen LogP contribution in [-0.2, 0) is 11.3 Å². The average Bonchev–Trinajstić information content (AvgIpc) is 2.29. The lowest BCUT2D eigenvalue weighted by molar-refractivity contribution is 0.0358. The number of nitrogens with zero attached hydrogens (tertiary/aromatic N) is 3. The first-order valence-electron chi connectivity index (χ1n) is 5.18.